The third-order valence-corrected chi connectivity index (χ3v) is 11.3. The van der Waals surface area contributed by atoms with Crippen LogP contribution in [0, 0.1) is 0 Å². The van der Waals surface area contributed by atoms with Gasteiger partial charge in [0.1, 0.15) is 23.0 Å². The molecule has 0 bridgehead atoms. The van der Waals surface area contributed by atoms with Crippen molar-refractivity contribution in [2.45, 2.75) is 12.0 Å². The van der Waals surface area contributed by atoms with E-state index < -0.39 is 0 Å². The van der Waals surface area contributed by atoms with Gasteiger partial charge in [-0.3, -0.25) is 0 Å². The molecule has 2 heterocycles. The fourth-order valence-corrected chi connectivity index (χ4v) is 8.67. The van der Waals surface area contributed by atoms with Crippen molar-refractivity contribution in [2.75, 3.05) is 4.90 Å². The number of hydrogen-bond acceptors (Lipinski definition) is 3. The van der Waals surface area contributed by atoms with Gasteiger partial charge in [0.25, 0.3) is 0 Å². The topological polar surface area (TPSA) is 25.6 Å². The predicted octanol–water partition coefficient (Wildman–Crippen LogP) is 14.0. The molecule has 1 aliphatic carbocycles. The highest BCUT2D eigenvalue weighted by molar-refractivity contribution is 6.13. The lowest BCUT2D eigenvalue weighted by Gasteiger charge is -2.27. The second-order valence-corrected chi connectivity index (χ2v) is 14.4. The molecule has 0 spiro atoms. The minimum Gasteiger partial charge on any atom is -0.484 e. The first-order valence-corrected chi connectivity index (χ1v) is 18.9. The maximum Gasteiger partial charge on any atom is 0.137 e. The third kappa shape index (κ3) is 5.20. The number of rotatable bonds is 6. The maximum atomic E-state index is 6.89. The largest absolute Gasteiger partial charge is 0.484 e. The summed E-state index contributed by atoms with van der Waals surface area (Å²) >= 11 is 0. The zero-order chi connectivity index (χ0) is 36.3. The first-order chi connectivity index (χ1) is 27.3. The highest BCUT2D eigenvalue weighted by Gasteiger charge is 2.38. The first-order valence-electron chi connectivity index (χ1n) is 18.9. The molecule has 0 saturated carbocycles. The molecule has 2 aliphatic rings. The molecule has 8 aromatic carbocycles. The average molecular weight is 706 g/mol. The summed E-state index contributed by atoms with van der Waals surface area (Å²) in [6.45, 7) is 0. The Balaban J connectivity index is 1.03. The van der Waals surface area contributed by atoms with E-state index in [2.05, 4.69) is 193 Å². The summed E-state index contributed by atoms with van der Waals surface area (Å²) in [6, 6.07) is 64.7. The molecule has 2 atom stereocenters. The normalized spacial score (nSPS) is 15.8. The van der Waals surface area contributed by atoms with E-state index in [-0.39, 0.29) is 12.0 Å². The van der Waals surface area contributed by atoms with Crippen LogP contribution in [-0.4, -0.2) is 6.10 Å². The second kappa shape index (κ2) is 12.8. The van der Waals surface area contributed by atoms with Gasteiger partial charge in [-0.15, -0.1) is 0 Å². The molecule has 1 aromatic heterocycles. The summed E-state index contributed by atoms with van der Waals surface area (Å²) < 4.78 is 13.3. The van der Waals surface area contributed by atoms with Crippen LogP contribution in [0.5, 0.6) is 5.75 Å². The van der Waals surface area contributed by atoms with Crippen LogP contribution < -0.4 is 9.64 Å². The minimum atomic E-state index is -0.0630. The van der Waals surface area contributed by atoms with E-state index in [1.807, 2.05) is 12.1 Å². The van der Waals surface area contributed by atoms with Crippen molar-refractivity contribution >= 4 is 55.3 Å². The molecule has 0 amide bonds. The number of para-hydroxylation sites is 1. The van der Waals surface area contributed by atoms with Crippen LogP contribution in [0.25, 0.3) is 60.5 Å². The van der Waals surface area contributed by atoms with Crippen molar-refractivity contribution in [2.24, 2.45) is 0 Å². The van der Waals surface area contributed by atoms with Crippen LogP contribution >= 0.6 is 0 Å². The molecule has 3 nitrogen and oxygen atoms in total. The van der Waals surface area contributed by atoms with Gasteiger partial charge in [-0.2, -0.15) is 0 Å². The molecule has 0 saturated heterocycles. The fraction of sp³-hybridized carbons (Fsp3) is 0.0385. The molecule has 55 heavy (non-hydrogen) atoms. The van der Waals surface area contributed by atoms with Gasteiger partial charge in [0, 0.05) is 39.2 Å². The summed E-state index contributed by atoms with van der Waals surface area (Å²) in [5.41, 5.74) is 13.4. The van der Waals surface area contributed by atoms with Gasteiger partial charge < -0.3 is 14.1 Å². The Morgan fingerprint density at radius 1 is 0.473 bits per heavy atom. The minimum absolute atomic E-state index is 0.0630. The molecule has 2 unspecified atom stereocenters. The van der Waals surface area contributed by atoms with Crippen molar-refractivity contribution in [1.82, 2.24) is 0 Å². The molecule has 3 heteroatoms. The lowest BCUT2D eigenvalue weighted by molar-refractivity contribution is 0.281. The molecule has 1 aliphatic heterocycles. The number of allylic oxidation sites excluding steroid dienone is 2. The van der Waals surface area contributed by atoms with E-state index in [0.717, 1.165) is 55.7 Å². The van der Waals surface area contributed by atoms with E-state index in [1.165, 1.54) is 38.8 Å². The zero-order valence-corrected chi connectivity index (χ0v) is 30.0. The first kappa shape index (κ1) is 31.4. The molecule has 0 N–H and O–H groups in total. The zero-order valence-electron chi connectivity index (χ0n) is 30.0. The summed E-state index contributed by atoms with van der Waals surface area (Å²) in [7, 11) is 0. The fourth-order valence-electron chi connectivity index (χ4n) is 8.67. The highest BCUT2D eigenvalue weighted by Crippen LogP contribution is 2.51. The second-order valence-electron chi connectivity index (χ2n) is 14.4. The van der Waals surface area contributed by atoms with Gasteiger partial charge in [-0.25, -0.2) is 0 Å². The Morgan fingerprint density at radius 3 is 1.82 bits per heavy atom. The van der Waals surface area contributed by atoms with Crippen LogP contribution in [0.2, 0.25) is 0 Å². The Bertz CT molecular complexity index is 2940. The average Bonchev–Trinajstić information content (AvgIpc) is 3.84. The molecule has 0 radical (unpaired) electrons. The van der Waals surface area contributed by atoms with Crippen LogP contribution in [0.4, 0.5) is 17.1 Å². The Kier molecular flexibility index (Phi) is 7.31. The van der Waals surface area contributed by atoms with Gasteiger partial charge in [0.2, 0.25) is 0 Å². The summed E-state index contributed by atoms with van der Waals surface area (Å²) in [5, 5.41) is 4.53. The molecular weight excluding hydrogens is 671 g/mol. The van der Waals surface area contributed by atoms with Crippen LogP contribution in [0.15, 0.2) is 205 Å². The van der Waals surface area contributed by atoms with Gasteiger partial charge in [0.05, 0.1) is 11.1 Å². The Morgan fingerprint density at radius 2 is 1.07 bits per heavy atom. The summed E-state index contributed by atoms with van der Waals surface area (Å²) in [5.74, 6) is 1.13. The highest BCUT2D eigenvalue weighted by atomic mass is 16.5. The SMILES string of the molecule is C1=CC2c3cc(-c4ccc(N(c5ccc(-c6ccccc6)cc5)c5cccc6oc7ccccc7c56)cc4)c4ccccc4c3OC2C(c2ccccc2)=C1. The Labute approximate surface area is 319 Å². The summed E-state index contributed by atoms with van der Waals surface area (Å²) in [4.78, 5) is 2.35. The predicted molar refractivity (Wildman–Crippen MR) is 227 cm³/mol. The van der Waals surface area contributed by atoms with E-state index in [4.69, 9.17) is 9.15 Å². The summed E-state index contributed by atoms with van der Waals surface area (Å²) in [6.07, 6.45) is 6.63. The standard InChI is InChI=1S/C52H35NO2/c1-3-13-34(14-4-1)35-25-29-38(30-26-35)53(47-22-12-24-49-50(47)44-19-9-10-23-48(44)54-49)39-31-27-37(28-32-39)45-33-46-43-21-11-20-40(36-15-5-2-6-16-36)51(43)55-52(46)42-18-8-7-17-41(42)45/h1-33,43,51H. The van der Waals surface area contributed by atoms with Gasteiger partial charge in [-0.1, -0.05) is 152 Å². The van der Waals surface area contributed by atoms with Crippen LogP contribution in [0.1, 0.15) is 17.0 Å². The molecular formula is C52H35NO2. The monoisotopic (exact) mass is 705 g/mol. The van der Waals surface area contributed by atoms with Crippen molar-refractivity contribution in [3.8, 4) is 28.0 Å². The lowest BCUT2D eigenvalue weighted by atomic mass is 9.83. The number of furan rings is 1. The van der Waals surface area contributed by atoms with Crippen LogP contribution in [0.3, 0.4) is 0 Å². The van der Waals surface area contributed by atoms with Crippen molar-refractivity contribution in [1.29, 1.82) is 0 Å². The Hall–Kier alpha value is -7.10. The van der Waals surface area contributed by atoms with Crippen molar-refractivity contribution < 1.29 is 9.15 Å². The number of hydrogen-bond donors (Lipinski definition) is 0. The molecule has 9 aromatic rings. The lowest BCUT2D eigenvalue weighted by Crippen LogP contribution is -2.21. The van der Waals surface area contributed by atoms with E-state index >= 15 is 0 Å². The number of fused-ring (bicyclic) bond motifs is 8. The van der Waals surface area contributed by atoms with Gasteiger partial charge >= 0.3 is 0 Å². The quantitative estimate of drug-likeness (QED) is 0.172. The number of benzene rings is 8. The van der Waals surface area contributed by atoms with Gasteiger partial charge in [-0.05, 0) is 81.7 Å². The number of anilines is 3. The van der Waals surface area contributed by atoms with Crippen molar-refractivity contribution in [3.05, 3.63) is 211 Å². The van der Waals surface area contributed by atoms with E-state index in [0.29, 0.717) is 0 Å². The smallest absolute Gasteiger partial charge is 0.137 e. The van der Waals surface area contributed by atoms with Crippen LogP contribution in [-0.2, 0) is 0 Å². The number of nitrogens with zero attached hydrogens (tertiary/aromatic N) is 1. The third-order valence-electron chi connectivity index (χ3n) is 11.3. The van der Waals surface area contributed by atoms with Crippen molar-refractivity contribution in [3.63, 3.8) is 0 Å². The van der Waals surface area contributed by atoms with Gasteiger partial charge in [0.15, 0.2) is 0 Å². The molecule has 11 rings (SSSR count). The maximum absolute atomic E-state index is 6.89. The van der Waals surface area contributed by atoms with E-state index in [1.54, 1.807) is 0 Å². The van der Waals surface area contributed by atoms with E-state index in [9.17, 15) is 0 Å². The molecule has 0 fully saturated rings. The molecule has 260 valence electrons. The number of ether oxygens (including phenoxy) is 1.